The summed E-state index contributed by atoms with van der Waals surface area (Å²) in [6.07, 6.45) is 2.65. The molecule has 0 unspecified atom stereocenters. The van der Waals surface area contributed by atoms with Crippen molar-refractivity contribution in [2.24, 2.45) is 0 Å². The molecule has 13 nitrogen and oxygen atoms in total. The lowest BCUT2D eigenvalue weighted by molar-refractivity contribution is -0.753. The first kappa shape index (κ1) is 36.6. The zero-order valence-electron chi connectivity index (χ0n) is 28.2. The number of carbonyl (C=O) groups is 2. The first-order valence-electron chi connectivity index (χ1n) is 15.7. The highest BCUT2D eigenvalue weighted by atomic mass is 32.1. The van der Waals surface area contributed by atoms with E-state index in [4.69, 9.17) is 19.7 Å². The van der Waals surface area contributed by atoms with Crippen molar-refractivity contribution in [3.63, 3.8) is 0 Å². The van der Waals surface area contributed by atoms with Gasteiger partial charge in [0.2, 0.25) is 12.6 Å². The van der Waals surface area contributed by atoms with Gasteiger partial charge in [-0.1, -0.05) is 25.1 Å². The van der Waals surface area contributed by atoms with Crippen LogP contribution in [-0.4, -0.2) is 57.6 Å². The second kappa shape index (κ2) is 15.9. The summed E-state index contributed by atoms with van der Waals surface area (Å²) in [6, 6.07) is 15.1. The van der Waals surface area contributed by atoms with Crippen molar-refractivity contribution in [3.8, 4) is 17.3 Å². The Labute approximate surface area is 296 Å². The Kier molecular flexibility index (Phi) is 11.4. The SMILES string of the molecule is CNCC(=O)OCc1cccnc1N(C)C(=O)O[C@@H](C)[n+]1cnn(C[C@](O)(c2cc(F)ccc2F)[C@@H](C)c2nc(-c3ccc(C#N)cc3)cs2)c1. The van der Waals surface area contributed by atoms with E-state index in [9.17, 15) is 19.1 Å². The van der Waals surface area contributed by atoms with Gasteiger partial charge in [-0.05, 0) is 43.4 Å². The maximum Gasteiger partial charge on any atom is 0.418 e. The molecule has 3 aromatic heterocycles. The molecule has 0 aliphatic heterocycles. The number of hydrogen-bond acceptors (Lipinski definition) is 11. The predicted molar refractivity (Wildman–Crippen MR) is 181 cm³/mol. The maximum atomic E-state index is 15.3. The van der Waals surface area contributed by atoms with Crippen molar-refractivity contribution in [1.82, 2.24) is 25.1 Å². The first-order valence-corrected chi connectivity index (χ1v) is 16.6. The number of aromatic nitrogens is 5. The molecule has 2 aromatic carbocycles. The molecule has 0 fully saturated rings. The van der Waals surface area contributed by atoms with E-state index in [1.807, 2.05) is 0 Å². The van der Waals surface area contributed by atoms with Crippen molar-refractivity contribution >= 4 is 29.2 Å². The predicted octanol–water partition coefficient (Wildman–Crippen LogP) is 4.58. The Bertz CT molecular complexity index is 2050. The number of nitrogens with one attached hydrogen (secondary N) is 1. The number of rotatable bonds is 13. The van der Waals surface area contributed by atoms with Crippen LogP contribution in [0.15, 0.2) is 78.8 Å². The quantitative estimate of drug-likeness (QED) is 0.130. The lowest BCUT2D eigenvalue weighted by Gasteiger charge is -2.32. The molecule has 2 N–H and O–H groups in total. The normalized spacial score (nSPS) is 13.5. The lowest BCUT2D eigenvalue weighted by Crippen LogP contribution is -2.42. The number of hydrogen-bond donors (Lipinski definition) is 2. The number of carbonyl (C=O) groups excluding carboxylic acids is 2. The van der Waals surface area contributed by atoms with E-state index < -0.39 is 41.4 Å². The average Bonchev–Trinajstić information content (AvgIpc) is 3.82. The molecule has 264 valence electrons. The molecule has 0 saturated carbocycles. The van der Waals surface area contributed by atoms with Gasteiger partial charge in [0.05, 0.1) is 28.9 Å². The summed E-state index contributed by atoms with van der Waals surface area (Å²) < 4.78 is 43.5. The molecule has 16 heteroatoms. The minimum Gasteiger partial charge on any atom is -0.460 e. The topological polar surface area (TPSA) is 159 Å². The maximum absolute atomic E-state index is 15.3. The molecule has 1 amide bonds. The highest BCUT2D eigenvalue weighted by molar-refractivity contribution is 7.10. The van der Waals surface area contributed by atoms with Crippen LogP contribution in [0.25, 0.3) is 11.3 Å². The number of benzene rings is 2. The van der Waals surface area contributed by atoms with E-state index in [2.05, 4.69) is 21.5 Å². The molecule has 3 heterocycles. The fraction of sp³-hybridized carbons (Fsp3) is 0.286. The summed E-state index contributed by atoms with van der Waals surface area (Å²) in [4.78, 5) is 35.1. The molecule has 0 spiro atoms. The van der Waals surface area contributed by atoms with Gasteiger partial charge in [-0.3, -0.25) is 9.69 Å². The Morgan fingerprint density at radius 2 is 1.96 bits per heavy atom. The third-order valence-electron chi connectivity index (χ3n) is 8.18. The van der Waals surface area contributed by atoms with Crippen LogP contribution in [0.1, 0.15) is 47.7 Å². The van der Waals surface area contributed by atoms with E-state index in [1.165, 1.54) is 51.4 Å². The van der Waals surface area contributed by atoms with Crippen LogP contribution in [0.4, 0.5) is 19.4 Å². The van der Waals surface area contributed by atoms with E-state index in [-0.39, 0.29) is 31.1 Å². The van der Waals surface area contributed by atoms with Crippen LogP contribution < -0.4 is 14.8 Å². The molecular weight excluding hydrogens is 682 g/mol. The fourth-order valence-corrected chi connectivity index (χ4v) is 6.22. The number of aliphatic hydroxyl groups is 1. The molecule has 5 rings (SSSR count). The molecule has 0 radical (unpaired) electrons. The molecule has 3 atom stereocenters. The minimum absolute atomic E-state index is 0.0229. The van der Waals surface area contributed by atoms with Crippen molar-refractivity contribution in [3.05, 3.63) is 112 Å². The van der Waals surface area contributed by atoms with Crippen LogP contribution in [0.3, 0.4) is 0 Å². The number of likely N-dealkylation sites (N-methyl/N-ethyl adjacent to an activating group) is 1. The molecule has 0 aliphatic rings. The zero-order chi connectivity index (χ0) is 36.7. The third kappa shape index (κ3) is 8.40. The van der Waals surface area contributed by atoms with Crippen LogP contribution in [0, 0.1) is 23.0 Å². The number of amides is 1. The summed E-state index contributed by atoms with van der Waals surface area (Å²) in [7, 11) is 3.08. The lowest BCUT2D eigenvalue weighted by atomic mass is 9.82. The van der Waals surface area contributed by atoms with E-state index in [0.29, 0.717) is 21.8 Å². The van der Waals surface area contributed by atoms with Gasteiger partial charge < -0.3 is 19.9 Å². The molecule has 51 heavy (non-hydrogen) atoms. The van der Waals surface area contributed by atoms with Gasteiger partial charge in [0.15, 0.2) is 0 Å². The van der Waals surface area contributed by atoms with Gasteiger partial charge in [0.1, 0.15) is 36.2 Å². The smallest absolute Gasteiger partial charge is 0.418 e. The number of ether oxygens (including phenoxy) is 2. The molecule has 0 bridgehead atoms. The van der Waals surface area contributed by atoms with E-state index in [0.717, 1.165) is 23.8 Å². The highest BCUT2D eigenvalue weighted by Gasteiger charge is 2.43. The van der Waals surface area contributed by atoms with E-state index >= 15 is 4.39 Å². The molecule has 0 saturated heterocycles. The number of pyridine rings is 1. The van der Waals surface area contributed by atoms with Crippen molar-refractivity contribution < 1.29 is 37.5 Å². The van der Waals surface area contributed by atoms with Crippen molar-refractivity contribution in [1.29, 1.82) is 5.26 Å². The highest BCUT2D eigenvalue weighted by Crippen LogP contribution is 2.41. The largest absolute Gasteiger partial charge is 0.460 e. The standard InChI is InChI=1S/C35H35F2N8O5S/c1-22(33-42-30(18-51-33)25-9-7-24(15-38)8-10-25)35(48,28-14-27(36)11-12-29(28)37)19-45-21-44(20-41-45)23(2)50-34(47)43(4)32-26(6-5-13-40-32)17-49-31(46)16-39-3/h5-14,18,20-23,39,48H,16-17,19H2,1-4H3/q+1/t22-,23-,35+/m0/s1. The number of anilines is 1. The second-order valence-electron chi connectivity index (χ2n) is 11.6. The van der Waals surface area contributed by atoms with E-state index in [1.54, 1.807) is 62.7 Å². The Morgan fingerprint density at radius 3 is 2.69 bits per heavy atom. The Morgan fingerprint density at radius 1 is 1.20 bits per heavy atom. The van der Waals surface area contributed by atoms with Crippen molar-refractivity contribution in [2.45, 2.75) is 44.7 Å². The summed E-state index contributed by atoms with van der Waals surface area (Å²) >= 11 is 1.25. The fourth-order valence-electron chi connectivity index (χ4n) is 5.25. The third-order valence-corrected chi connectivity index (χ3v) is 9.20. The van der Waals surface area contributed by atoms with Gasteiger partial charge >= 0.3 is 12.1 Å². The van der Waals surface area contributed by atoms with Gasteiger partial charge in [0, 0.05) is 53.3 Å². The second-order valence-corrected chi connectivity index (χ2v) is 12.5. The number of thiazole rings is 1. The van der Waals surface area contributed by atoms with Crippen LogP contribution >= 0.6 is 11.3 Å². The van der Waals surface area contributed by atoms with Crippen LogP contribution in [0.5, 0.6) is 0 Å². The Balaban J connectivity index is 1.35. The minimum atomic E-state index is -2.04. The molecule has 0 aliphatic carbocycles. The number of nitrogens with zero attached hydrogens (tertiary/aromatic N) is 7. The average molecular weight is 718 g/mol. The first-order chi connectivity index (χ1) is 24.4. The van der Waals surface area contributed by atoms with Gasteiger partial charge in [-0.2, -0.15) is 9.83 Å². The molecular formula is C35H35F2N8O5S+. The van der Waals surface area contributed by atoms with Gasteiger partial charge in [-0.15, -0.1) is 16.0 Å². The molecule has 5 aromatic rings. The summed E-state index contributed by atoms with van der Waals surface area (Å²) in [6.45, 7) is 2.85. The number of esters is 1. The monoisotopic (exact) mass is 717 g/mol. The zero-order valence-corrected chi connectivity index (χ0v) is 29.0. The van der Waals surface area contributed by atoms with Crippen LogP contribution in [-0.2, 0) is 33.0 Å². The summed E-state index contributed by atoms with van der Waals surface area (Å²) in [5.41, 5.74) is 0.000750. The van der Waals surface area contributed by atoms with Crippen molar-refractivity contribution in [2.75, 3.05) is 25.5 Å². The van der Waals surface area contributed by atoms with Crippen LogP contribution in [0.2, 0.25) is 0 Å². The Hall–Kier alpha value is -5.63. The number of nitriles is 1. The van der Waals surface area contributed by atoms with Gasteiger partial charge in [0.25, 0.3) is 6.33 Å². The summed E-state index contributed by atoms with van der Waals surface area (Å²) in [5, 5.41) is 30.6. The van der Waals surface area contributed by atoms with Gasteiger partial charge in [-0.25, -0.2) is 23.5 Å². The number of halogens is 2. The summed E-state index contributed by atoms with van der Waals surface area (Å²) in [5.74, 6) is -2.64.